The first-order valence-corrected chi connectivity index (χ1v) is 7.99. The van der Waals surface area contributed by atoms with Gasteiger partial charge < -0.3 is 5.32 Å². The van der Waals surface area contributed by atoms with Crippen LogP contribution in [0, 0.1) is 20.8 Å². The molecule has 112 valence electrons. The fraction of sp³-hybridized carbons (Fsp3) is 0.400. The highest BCUT2D eigenvalue weighted by molar-refractivity contribution is 5.47. The predicted molar refractivity (Wildman–Crippen MR) is 93.0 cm³/mol. The van der Waals surface area contributed by atoms with Crippen molar-refractivity contribution in [2.45, 2.75) is 53.5 Å². The van der Waals surface area contributed by atoms with Crippen molar-refractivity contribution in [1.82, 2.24) is 0 Å². The van der Waals surface area contributed by atoms with Crippen molar-refractivity contribution in [3.63, 3.8) is 0 Å². The Hall–Kier alpha value is -1.76. The van der Waals surface area contributed by atoms with Crippen LogP contribution in [0.4, 0.5) is 5.69 Å². The van der Waals surface area contributed by atoms with Crippen LogP contribution in [0.25, 0.3) is 0 Å². The maximum Gasteiger partial charge on any atom is 0.0406 e. The second-order valence-electron chi connectivity index (χ2n) is 6.03. The minimum atomic E-state index is 0.895. The molecule has 2 aromatic carbocycles. The number of hydrogen-bond donors (Lipinski definition) is 1. The van der Waals surface area contributed by atoms with Gasteiger partial charge >= 0.3 is 0 Å². The molecule has 0 fully saturated rings. The van der Waals surface area contributed by atoms with E-state index in [2.05, 4.69) is 69.4 Å². The number of nitrogens with one attached hydrogen (secondary N) is 1. The van der Waals surface area contributed by atoms with Gasteiger partial charge in [0, 0.05) is 12.2 Å². The molecule has 0 amide bonds. The Bertz CT molecular complexity index is 558. The van der Waals surface area contributed by atoms with E-state index in [-0.39, 0.29) is 0 Å². The molecule has 0 bridgehead atoms. The highest BCUT2D eigenvalue weighted by Gasteiger charge is 2.03. The van der Waals surface area contributed by atoms with E-state index in [1.165, 1.54) is 52.8 Å². The van der Waals surface area contributed by atoms with Crippen LogP contribution in [0.2, 0.25) is 0 Å². The molecule has 0 radical (unpaired) electrons. The number of rotatable bonds is 6. The third kappa shape index (κ3) is 4.35. The predicted octanol–water partition coefficient (Wildman–Crippen LogP) is 5.57. The smallest absolute Gasteiger partial charge is 0.0406 e. The monoisotopic (exact) mass is 281 g/mol. The summed E-state index contributed by atoms with van der Waals surface area (Å²) in [6, 6.07) is 13.4. The van der Waals surface area contributed by atoms with Gasteiger partial charge in [-0.1, -0.05) is 43.2 Å². The molecule has 0 saturated carbocycles. The molecule has 0 unspecified atom stereocenters. The number of unbranched alkanes of at least 4 members (excludes halogenated alkanes) is 1. The van der Waals surface area contributed by atoms with Gasteiger partial charge in [-0.05, 0) is 68.0 Å². The van der Waals surface area contributed by atoms with Crippen molar-refractivity contribution in [3.8, 4) is 0 Å². The first-order chi connectivity index (χ1) is 10.1. The number of hydrogen-bond acceptors (Lipinski definition) is 1. The van der Waals surface area contributed by atoms with Crippen LogP contribution in [0.5, 0.6) is 0 Å². The van der Waals surface area contributed by atoms with Gasteiger partial charge in [0.05, 0.1) is 0 Å². The summed E-state index contributed by atoms with van der Waals surface area (Å²) in [5.74, 6) is 0. The Kier molecular flexibility index (Phi) is 5.44. The largest absolute Gasteiger partial charge is 0.381 e. The normalized spacial score (nSPS) is 10.7. The Balaban J connectivity index is 2.00. The van der Waals surface area contributed by atoms with E-state index < -0.39 is 0 Å². The van der Waals surface area contributed by atoms with Gasteiger partial charge in [-0.2, -0.15) is 0 Å². The van der Waals surface area contributed by atoms with Gasteiger partial charge in [0.25, 0.3) is 0 Å². The first kappa shape index (κ1) is 15.6. The second-order valence-corrected chi connectivity index (χ2v) is 6.03. The zero-order valence-electron chi connectivity index (χ0n) is 13.8. The summed E-state index contributed by atoms with van der Waals surface area (Å²) in [7, 11) is 0. The van der Waals surface area contributed by atoms with E-state index in [1.807, 2.05) is 0 Å². The van der Waals surface area contributed by atoms with E-state index in [0.717, 1.165) is 6.54 Å². The van der Waals surface area contributed by atoms with Gasteiger partial charge in [-0.25, -0.2) is 0 Å². The summed E-state index contributed by atoms with van der Waals surface area (Å²) in [6.07, 6.45) is 3.72. The molecule has 1 heteroatoms. The molecule has 2 rings (SSSR count). The third-order valence-electron chi connectivity index (χ3n) is 4.08. The number of anilines is 1. The first-order valence-electron chi connectivity index (χ1n) is 7.99. The molecule has 21 heavy (non-hydrogen) atoms. The summed E-state index contributed by atoms with van der Waals surface area (Å²) in [6.45, 7) is 9.69. The molecule has 1 nitrogen and oxygen atoms in total. The van der Waals surface area contributed by atoms with Crippen molar-refractivity contribution in [1.29, 1.82) is 0 Å². The lowest BCUT2D eigenvalue weighted by atomic mass is 10.00. The van der Waals surface area contributed by atoms with Gasteiger partial charge in [0.2, 0.25) is 0 Å². The minimum Gasteiger partial charge on any atom is -0.381 e. The molecular weight excluding hydrogens is 254 g/mol. The summed E-state index contributed by atoms with van der Waals surface area (Å²) >= 11 is 0. The molecule has 0 atom stereocenters. The van der Waals surface area contributed by atoms with Crippen LogP contribution in [0.15, 0.2) is 36.4 Å². The summed E-state index contributed by atoms with van der Waals surface area (Å²) in [5.41, 5.74) is 8.14. The van der Waals surface area contributed by atoms with E-state index in [9.17, 15) is 0 Å². The van der Waals surface area contributed by atoms with Crippen molar-refractivity contribution < 1.29 is 0 Å². The third-order valence-corrected chi connectivity index (χ3v) is 4.08. The SMILES string of the molecule is CCCCc1ccc(NCc2c(C)cc(C)cc2C)cc1. The van der Waals surface area contributed by atoms with Gasteiger partial charge in [-0.15, -0.1) is 0 Å². The van der Waals surface area contributed by atoms with Crippen LogP contribution in [-0.4, -0.2) is 0 Å². The number of aryl methyl sites for hydroxylation is 4. The molecule has 0 aliphatic carbocycles. The molecule has 0 heterocycles. The van der Waals surface area contributed by atoms with Gasteiger partial charge in [0.1, 0.15) is 0 Å². The quantitative estimate of drug-likeness (QED) is 0.730. The van der Waals surface area contributed by atoms with Crippen molar-refractivity contribution >= 4 is 5.69 Å². The average Bonchev–Trinajstić information content (AvgIpc) is 2.45. The van der Waals surface area contributed by atoms with E-state index in [4.69, 9.17) is 0 Å². The van der Waals surface area contributed by atoms with Crippen LogP contribution >= 0.6 is 0 Å². The Labute approximate surface area is 129 Å². The maximum absolute atomic E-state index is 3.55. The van der Waals surface area contributed by atoms with Crippen LogP contribution < -0.4 is 5.32 Å². The average molecular weight is 281 g/mol. The lowest BCUT2D eigenvalue weighted by Crippen LogP contribution is -2.04. The van der Waals surface area contributed by atoms with E-state index >= 15 is 0 Å². The molecule has 2 aromatic rings. The Morgan fingerprint density at radius 3 is 2.10 bits per heavy atom. The summed E-state index contributed by atoms with van der Waals surface area (Å²) in [5, 5.41) is 3.55. The van der Waals surface area contributed by atoms with Gasteiger partial charge in [0.15, 0.2) is 0 Å². The molecule has 0 aliphatic rings. The molecule has 0 spiro atoms. The molecule has 0 aliphatic heterocycles. The lowest BCUT2D eigenvalue weighted by molar-refractivity contribution is 0.795. The zero-order chi connectivity index (χ0) is 15.2. The Morgan fingerprint density at radius 2 is 1.52 bits per heavy atom. The van der Waals surface area contributed by atoms with Crippen molar-refractivity contribution in [2.75, 3.05) is 5.32 Å². The summed E-state index contributed by atoms with van der Waals surface area (Å²) in [4.78, 5) is 0. The maximum atomic E-state index is 3.55. The highest BCUT2D eigenvalue weighted by Crippen LogP contribution is 2.19. The minimum absolute atomic E-state index is 0.895. The Morgan fingerprint density at radius 1 is 0.905 bits per heavy atom. The van der Waals surface area contributed by atoms with Crippen LogP contribution in [0.3, 0.4) is 0 Å². The second kappa shape index (κ2) is 7.31. The van der Waals surface area contributed by atoms with Crippen LogP contribution in [-0.2, 0) is 13.0 Å². The molecule has 0 saturated heterocycles. The fourth-order valence-electron chi connectivity index (χ4n) is 2.85. The van der Waals surface area contributed by atoms with E-state index in [0.29, 0.717) is 0 Å². The lowest BCUT2D eigenvalue weighted by Gasteiger charge is -2.13. The molecule has 0 aromatic heterocycles. The molecular formula is C20H27N. The van der Waals surface area contributed by atoms with Crippen molar-refractivity contribution in [3.05, 3.63) is 64.2 Å². The summed E-state index contributed by atoms with van der Waals surface area (Å²) < 4.78 is 0. The molecule has 1 N–H and O–H groups in total. The number of benzene rings is 2. The van der Waals surface area contributed by atoms with Crippen molar-refractivity contribution in [2.24, 2.45) is 0 Å². The fourth-order valence-corrected chi connectivity index (χ4v) is 2.85. The zero-order valence-corrected chi connectivity index (χ0v) is 13.8. The highest BCUT2D eigenvalue weighted by atomic mass is 14.9. The van der Waals surface area contributed by atoms with Crippen LogP contribution in [0.1, 0.15) is 47.6 Å². The van der Waals surface area contributed by atoms with Gasteiger partial charge in [-0.3, -0.25) is 0 Å². The topological polar surface area (TPSA) is 12.0 Å². The standard InChI is InChI=1S/C20H27N/c1-5-6-7-18-8-10-19(11-9-18)21-14-20-16(3)12-15(2)13-17(20)4/h8-13,21H,5-7,14H2,1-4H3. The van der Waals surface area contributed by atoms with E-state index in [1.54, 1.807) is 0 Å².